The predicted octanol–water partition coefficient (Wildman–Crippen LogP) is 5.52. The molecule has 2 rings (SSSR count). The summed E-state index contributed by atoms with van der Waals surface area (Å²) < 4.78 is 16.2. The number of rotatable bonds is 10. The topological polar surface area (TPSA) is 85.6 Å². The lowest BCUT2D eigenvalue weighted by molar-refractivity contribution is -0.134. The van der Waals surface area contributed by atoms with Gasteiger partial charge in [-0.1, -0.05) is 33.6 Å². The van der Waals surface area contributed by atoms with E-state index in [1.54, 1.807) is 38.1 Å². The van der Waals surface area contributed by atoms with Gasteiger partial charge in [-0.2, -0.15) is 5.26 Å². The zero-order valence-corrected chi connectivity index (χ0v) is 18.6. The lowest BCUT2D eigenvalue weighted by atomic mass is 10.1. The van der Waals surface area contributed by atoms with Crippen LogP contribution < -0.4 is 14.2 Å². The number of nitrogens with zero attached hydrogens (tertiary/aromatic N) is 1. The second-order valence-electron chi connectivity index (χ2n) is 7.31. The van der Waals surface area contributed by atoms with E-state index in [4.69, 9.17) is 25.8 Å². The van der Waals surface area contributed by atoms with Crippen molar-refractivity contribution in [1.82, 2.24) is 0 Å². The van der Waals surface area contributed by atoms with Crippen molar-refractivity contribution >= 4 is 23.5 Å². The highest BCUT2D eigenvalue weighted by molar-refractivity contribution is 6.30. The van der Waals surface area contributed by atoms with E-state index >= 15 is 0 Å². The SMILES string of the molecule is CCCCCOc1ccc(OC(=O)c2ccc(OC(=O)C(Cl)C(C)C)c(C#N)c2)cc1. The number of nitriles is 1. The van der Waals surface area contributed by atoms with Crippen LogP contribution in [0.2, 0.25) is 0 Å². The van der Waals surface area contributed by atoms with E-state index in [0.717, 1.165) is 19.3 Å². The molecule has 0 amide bonds. The Hall–Kier alpha value is -3.04. The van der Waals surface area contributed by atoms with Gasteiger partial charge < -0.3 is 14.2 Å². The van der Waals surface area contributed by atoms with E-state index in [9.17, 15) is 14.9 Å². The first-order chi connectivity index (χ1) is 14.8. The first-order valence-corrected chi connectivity index (χ1v) is 10.6. The molecule has 164 valence electrons. The van der Waals surface area contributed by atoms with Crippen molar-refractivity contribution in [3.8, 4) is 23.3 Å². The van der Waals surface area contributed by atoms with Crippen molar-refractivity contribution < 1.29 is 23.8 Å². The van der Waals surface area contributed by atoms with Gasteiger partial charge in [-0.25, -0.2) is 4.79 Å². The summed E-state index contributed by atoms with van der Waals surface area (Å²) >= 11 is 6.00. The average molecular weight is 444 g/mol. The third kappa shape index (κ3) is 7.30. The maximum Gasteiger partial charge on any atom is 0.343 e. The van der Waals surface area contributed by atoms with Crippen LogP contribution in [0.4, 0.5) is 0 Å². The summed E-state index contributed by atoms with van der Waals surface area (Å²) in [6.45, 7) is 6.34. The van der Waals surface area contributed by atoms with Gasteiger partial charge in [-0.3, -0.25) is 4.79 Å². The maximum atomic E-state index is 12.5. The summed E-state index contributed by atoms with van der Waals surface area (Å²) in [7, 11) is 0. The minimum Gasteiger partial charge on any atom is -0.494 e. The molecule has 0 bridgehead atoms. The first kappa shape index (κ1) is 24.2. The molecule has 0 aliphatic rings. The summed E-state index contributed by atoms with van der Waals surface area (Å²) in [6, 6.07) is 12.8. The normalized spacial score (nSPS) is 11.5. The fraction of sp³-hybridized carbons (Fsp3) is 0.375. The Morgan fingerprint density at radius 1 is 1.03 bits per heavy atom. The number of hydrogen-bond donors (Lipinski definition) is 0. The predicted molar refractivity (Wildman–Crippen MR) is 118 cm³/mol. The third-order valence-electron chi connectivity index (χ3n) is 4.41. The van der Waals surface area contributed by atoms with Gasteiger partial charge in [-0.15, -0.1) is 11.6 Å². The molecular weight excluding hydrogens is 418 g/mol. The third-order valence-corrected chi connectivity index (χ3v) is 5.09. The zero-order chi connectivity index (χ0) is 22.8. The molecule has 0 aliphatic heterocycles. The van der Waals surface area contributed by atoms with E-state index in [2.05, 4.69) is 6.92 Å². The van der Waals surface area contributed by atoms with Gasteiger partial charge in [0.25, 0.3) is 0 Å². The van der Waals surface area contributed by atoms with Crippen LogP contribution in [-0.4, -0.2) is 23.9 Å². The number of alkyl halides is 1. The Balaban J connectivity index is 2.02. The monoisotopic (exact) mass is 443 g/mol. The lowest BCUT2D eigenvalue weighted by Crippen LogP contribution is -2.25. The minimum absolute atomic E-state index is 0.0336. The molecule has 31 heavy (non-hydrogen) atoms. The summed E-state index contributed by atoms with van der Waals surface area (Å²) in [4.78, 5) is 24.5. The second-order valence-corrected chi connectivity index (χ2v) is 7.78. The van der Waals surface area contributed by atoms with Crippen molar-refractivity contribution in [3.63, 3.8) is 0 Å². The number of carbonyl (C=O) groups is 2. The summed E-state index contributed by atoms with van der Waals surface area (Å²) in [5, 5.41) is 8.53. The number of hydrogen-bond acceptors (Lipinski definition) is 6. The molecule has 7 heteroatoms. The fourth-order valence-corrected chi connectivity index (χ4v) is 2.63. The average Bonchev–Trinajstić information content (AvgIpc) is 2.77. The first-order valence-electron chi connectivity index (χ1n) is 10.2. The van der Waals surface area contributed by atoms with Gasteiger partial charge in [0.15, 0.2) is 0 Å². The van der Waals surface area contributed by atoms with Crippen LogP contribution in [0.3, 0.4) is 0 Å². The highest BCUT2D eigenvalue weighted by Crippen LogP contribution is 2.24. The van der Waals surface area contributed by atoms with Crippen LogP contribution in [0, 0.1) is 17.2 Å². The lowest BCUT2D eigenvalue weighted by Gasteiger charge is -2.13. The highest BCUT2D eigenvalue weighted by Gasteiger charge is 2.23. The van der Waals surface area contributed by atoms with Gasteiger partial charge in [-0.05, 0) is 54.8 Å². The van der Waals surface area contributed by atoms with Crippen LogP contribution in [0.1, 0.15) is 56.0 Å². The number of unbranched alkanes of at least 4 members (excludes halogenated alkanes) is 2. The number of benzene rings is 2. The van der Waals surface area contributed by atoms with Crippen molar-refractivity contribution in [2.75, 3.05) is 6.61 Å². The summed E-state index contributed by atoms with van der Waals surface area (Å²) in [6.07, 6.45) is 3.23. The van der Waals surface area contributed by atoms with Crippen molar-refractivity contribution in [2.24, 2.45) is 5.92 Å². The summed E-state index contributed by atoms with van der Waals surface area (Å²) in [5.74, 6) is -0.319. The standard InChI is InChI=1S/C24H26ClNO5/c1-4-5-6-13-29-19-8-10-20(11-9-19)30-23(27)17-7-12-21(18(14-17)15-26)31-24(28)22(25)16(2)3/h7-12,14,16,22H,4-6,13H2,1-3H3. The van der Waals surface area contributed by atoms with E-state index < -0.39 is 17.3 Å². The molecule has 0 saturated heterocycles. The number of esters is 2. The van der Waals surface area contributed by atoms with Gasteiger partial charge in [0, 0.05) is 0 Å². The van der Waals surface area contributed by atoms with Crippen LogP contribution in [0.5, 0.6) is 17.2 Å². The molecule has 2 aromatic carbocycles. The Kier molecular flexibility index (Phi) is 9.36. The molecule has 2 aromatic rings. The maximum absolute atomic E-state index is 12.5. The molecule has 0 heterocycles. The minimum atomic E-state index is -0.838. The van der Waals surface area contributed by atoms with E-state index in [1.807, 2.05) is 6.07 Å². The molecule has 0 saturated carbocycles. The van der Waals surface area contributed by atoms with Crippen molar-refractivity contribution in [2.45, 2.75) is 45.4 Å². The number of carbonyl (C=O) groups excluding carboxylic acids is 2. The van der Waals surface area contributed by atoms with Gasteiger partial charge in [0.1, 0.15) is 28.7 Å². The Morgan fingerprint density at radius 3 is 2.32 bits per heavy atom. The molecule has 0 aliphatic carbocycles. The Morgan fingerprint density at radius 2 is 1.71 bits per heavy atom. The van der Waals surface area contributed by atoms with Crippen LogP contribution in [0.15, 0.2) is 42.5 Å². The van der Waals surface area contributed by atoms with Crippen LogP contribution in [-0.2, 0) is 4.79 Å². The molecule has 0 aromatic heterocycles. The Labute approximate surface area is 187 Å². The molecule has 1 atom stereocenters. The fourth-order valence-electron chi connectivity index (χ4n) is 2.58. The Bertz CT molecular complexity index is 934. The summed E-state index contributed by atoms with van der Waals surface area (Å²) in [5.41, 5.74) is 0.189. The highest BCUT2D eigenvalue weighted by atomic mass is 35.5. The molecule has 0 radical (unpaired) electrons. The van der Waals surface area contributed by atoms with Crippen molar-refractivity contribution in [3.05, 3.63) is 53.6 Å². The molecule has 0 N–H and O–H groups in total. The molecule has 6 nitrogen and oxygen atoms in total. The largest absolute Gasteiger partial charge is 0.494 e. The molecular formula is C24H26ClNO5. The second kappa shape index (κ2) is 12.0. The van der Waals surface area contributed by atoms with Crippen molar-refractivity contribution in [1.29, 1.82) is 5.26 Å². The molecule has 1 unspecified atom stereocenters. The molecule has 0 spiro atoms. The van der Waals surface area contributed by atoms with Gasteiger partial charge in [0.05, 0.1) is 17.7 Å². The van der Waals surface area contributed by atoms with Crippen LogP contribution in [0.25, 0.3) is 0 Å². The quantitative estimate of drug-likeness (QED) is 0.208. The van der Waals surface area contributed by atoms with E-state index in [0.29, 0.717) is 18.1 Å². The van der Waals surface area contributed by atoms with Crippen LogP contribution >= 0.6 is 11.6 Å². The van der Waals surface area contributed by atoms with Gasteiger partial charge in [0.2, 0.25) is 0 Å². The van der Waals surface area contributed by atoms with Gasteiger partial charge >= 0.3 is 11.9 Å². The number of halogens is 1. The molecule has 0 fully saturated rings. The smallest absolute Gasteiger partial charge is 0.343 e. The number of ether oxygens (including phenoxy) is 3. The van der Waals surface area contributed by atoms with E-state index in [1.165, 1.54) is 18.2 Å². The van der Waals surface area contributed by atoms with E-state index in [-0.39, 0.29) is 22.8 Å². The zero-order valence-electron chi connectivity index (χ0n) is 17.9.